The fourth-order valence-corrected chi connectivity index (χ4v) is 5.05. The quantitative estimate of drug-likeness (QED) is 0.618. The zero-order valence-corrected chi connectivity index (χ0v) is 19.3. The molecule has 2 fully saturated rings. The Kier molecular flexibility index (Phi) is 5.87. The Morgan fingerprint density at radius 2 is 1.62 bits per heavy atom. The number of carbonyl (C=O) groups excluding carboxylic acids is 1. The molecule has 1 amide bonds. The summed E-state index contributed by atoms with van der Waals surface area (Å²) in [6.45, 7) is 12.0. The third-order valence-corrected chi connectivity index (χ3v) is 7.17. The molecule has 168 valence electrons. The molecule has 0 N–H and O–H groups in total. The molecule has 0 saturated carbocycles. The van der Waals surface area contributed by atoms with Gasteiger partial charge in [-0.1, -0.05) is 30.3 Å². The van der Waals surface area contributed by atoms with Gasteiger partial charge in [-0.3, -0.25) is 14.4 Å². The van der Waals surface area contributed by atoms with Crippen molar-refractivity contribution in [2.24, 2.45) is 0 Å². The minimum atomic E-state index is 0.0830. The molecule has 6 nitrogen and oxygen atoms in total. The smallest absolute Gasteiger partial charge is 0.275 e. The highest BCUT2D eigenvalue weighted by Gasteiger charge is 2.25. The molecule has 1 aromatic heterocycles. The standard InChI is InChI=1S/C26H33N5O/c1-20-8-7-11-23(21(20)2)29-17-14-28(15-18-29)16-19-31-24-10-4-3-9-22(24)25(27-31)26(32)30-12-5-6-13-30/h3-4,7-11H,5-6,12-19H2,1-2H3. The number of anilines is 1. The lowest BCUT2D eigenvalue weighted by molar-refractivity contribution is 0.0787. The molecular formula is C26H33N5O. The van der Waals surface area contributed by atoms with Crippen LogP contribution < -0.4 is 4.90 Å². The lowest BCUT2D eigenvalue weighted by atomic mass is 10.1. The largest absolute Gasteiger partial charge is 0.369 e. The number of para-hydroxylation sites is 1. The van der Waals surface area contributed by atoms with Gasteiger partial charge in [0.2, 0.25) is 0 Å². The number of aryl methyl sites for hydroxylation is 1. The maximum Gasteiger partial charge on any atom is 0.275 e. The second kappa shape index (κ2) is 8.94. The van der Waals surface area contributed by atoms with Crippen LogP contribution in [0.1, 0.15) is 34.5 Å². The molecule has 5 rings (SSSR count). The fraction of sp³-hybridized carbons (Fsp3) is 0.462. The highest BCUT2D eigenvalue weighted by atomic mass is 16.2. The molecule has 32 heavy (non-hydrogen) atoms. The number of carbonyl (C=O) groups is 1. The van der Waals surface area contributed by atoms with Crippen LogP contribution in [0.4, 0.5) is 5.69 Å². The number of amides is 1. The van der Waals surface area contributed by atoms with Gasteiger partial charge in [0.25, 0.3) is 5.91 Å². The van der Waals surface area contributed by atoms with E-state index in [4.69, 9.17) is 5.10 Å². The first-order chi connectivity index (χ1) is 15.6. The van der Waals surface area contributed by atoms with E-state index in [1.165, 1.54) is 16.8 Å². The second-order valence-electron chi connectivity index (χ2n) is 9.14. The highest BCUT2D eigenvalue weighted by Crippen LogP contribution is 2.24. The first-order valence-electron chi connectivity index (χ1n) is 11.9. The van der Waals surface area contributed by atoms with Crippen molar-refractivity contribution in [2.75, 3.05) is 50.7 Å². The van der Waals surface area contributed by atoms with Crippen molar-refractivity contribution in [3.05, 3.63) is 59.3 Å². The van der Waals surface area contributed by atoms with E-state index < -0.39 is 0 Å². The summed E-state index contributed by atoms with van der Waals surface area (Å²) in [5.41, 5.74) is 5.79. The Bertz CT molecular complexity index is 1110. The van der Waals surface area contributed by atoms with Crippen LogP contribution in [0.25, 0.3) is 10.9 Å². The van der Waals surface area contributed by atoms with Gasteiger partial charge in [0.15, 0.2) is 5.69 Å². The highest BCUT2D eigenvalue weighted by molar-refractivity contribution is 6.04. The van der Waals surface area contributed by atoms with Crippen LogP contribution in [0.15, 0.2) is 42.5 Å². The Morgan fingerprint density at radius 1 is 0.875 bits per heavy atom. The zero-order chi connectivity index (χ0) is 22.1. The van der Waals surface area contributed by atoms with E-state index >= 15 is 0 Å². The number of fused-ring (bicyclic) bond motifs is 1. The van der Waals surface area contributed by atoms with Gasteiger partial charge >= 0.3 is 0 Å². The van der Waals surface area contributed by atoms with Gasteiger partial charge in [0, 0.05) is 56.9 Å². The van der Waals surface area contributed by atoms with Gasteiger partial charge in [-0.05, 0) is 49.9 Å². The Hall–Kier alpha value is -2.86. The molecule has 3 aromatic rings. The van der Waals surface area contributed by atoms with Crippen LogP contribution in [0.5, 0.6) is 0 Å². The summed E-state index contributed by atoms with van der Waals surface area (Å²) in [7, 11) is 0. The monoisotopic (exact) mass is 431 g/mol. The number of nitrogens with zero attached hydrogens (tertiary/aromatic N) is 5. The number of likely N-dealkylation sites (tertiary alicyclic amines) is 1. The molecule has 0 unspecified atom stereocenters. The molecule has 2 aromatic carbocycles. The normalized spacial score (nSPS) is 17.4. The molecule has 2 aliphatic rings. The van der Waals surface area contributed by atoms with E-state index in [2.05, 4.69) is 47.9 Å². The van der Waals surface area contributed by atoms with Gasteiger partial charge in [-0.25, -0.2) is 0 Å². The minimum absolute atomic E-state index is 0.0830. The van der Waals surface area contributed by atoms with Crippen LogP contribution in [0.2, 0.25) is 0 Å². The van der Waals surface area contributed by atoms with E-state index in [1.54, 1.807) is 0 Å². The third kappa shape index (κ3) is 3.99. The maximum atomic E-state index is 13.0. The van der Waals surface area contributed by atoms with Gasteiger partial charge in [-0.15, -0.1) is 0 Å². The van der Waals surface area contributed by atoms with E-state index in [9.17, 15) is 4.79 Å². The summed E-state index contributed by atoms with van der Waals surface area (Å²) in [6.07, 6.45) is 2.19. The van der Waals surface area contributed by atoms with Crippen LogP contribution in [-0.4, -0.2) is 71.3 Å². The van der Waals surface area contributed by atoms with Crippen molar-refractivity contribution in [3.8, 4) is 0 Å². The molecule has 0 bridgehead atoms. The fourth-order valence-electron chi connectivity index (χ4n) is 5.05. The predicted octanol–water partition coefficient (Wildman–Crippen LogP) is 3.71. The average molecular weight is 432 g/mol. The summed E-state index contributed by atoms with van der Waals surface area (Å²) >= 11 is 0. The zero-order valence-electron chi connectivity index (χ0n) is 19.3. The average Bonchev–Trinajstić information content (AvgIpc) is 3.48. The van der Waals surface area contributed by atoms with Crippen molar-refractivity contribution in [2.45, 2.75) is 33.2 Å². The van der Waals surface area contributed by atoms with Gasteiger partial charge in [-0.2, -0.15) is 5.10 Å². The molecule has 3 heterocycles. The lowest BCUT2D eigenvalue weighted by Crippen LogP contribution is -2.47. The molecule has 6 heteroatoms. The van der Waals surface area contributed by atoms with Gasteiger partial charge in [0.1, 0.15) is 0 Å². The summed E-state index contributed by atoms with van der Waals surface area (Å²) < 4.78 is 2.04. The molecule has 0 atom stereocenters. The molecule has 0 spiro atoms. The van der Waals surface area contributed by atoms with E-state index in [1.807, 2.05) is 27.8 Å². The van der Waals surface area contributed by atoms with E-state index in [0.29, 0.717) is 5.69 Å². The van der Waals surface area contributed by atoms with Crippen LogP contribution in [-0.2, 0) is 6.54 Å². The van der Waals surface area contributed by atoms with Crippen molar-refractivity contribution >= 4 is 22.5 Å². The van der Waals surface area contributed by atoms with Crippen molar-refractivity contribution in [1.29, 1.82) is 0 Å². The summed E-state index contributed by atoms with van der Waals surface area (Å²) in [5, 5.41) is 5.77. The molecule has 0 radical (unpaired) electrons. The number of piperazine rings is 1. The molecule has 2 aliphatic heterocycles. The number of hydrogen-bond donors (Lipinski definition) is 0. The lowest BCUT2D eigenvalue weighted by Gasteiger charge is -2.37. The predicted molar refractivity (Wildman–Crippen MR) is 129 cm³/mol. The first-order valence-corrected chi connectivity index (χ1v) is 11.9. The van der Waals surface area contributed by atoms with Crippen molar-refractivity contribution < 1.29 is 4.79 Å². The number of aromatic nitrogens is 2. The topological polar surface area (TPSA) is 44.6 Å². The molecule has 0 aliphatic carbocycles. The summed E-state index contributed by atoms with van der Waals surface area (Å²) in [6, 6.07) is 14.7. The maximum absolute atomic E-state index is 13.0. The van der Waals surface area contributed by atoms with E-state index in [0.717, 1.165) is 76.1 Å². The van der Waals surface area contributed by atoms with Crippen molar-refractivity contribution in [1.82, 2.24) is 19.6 Å². The molecule has 2 saturated heterocycles. The third-order valence-electron chi connectivity index (χ3n) is 7.17. The van der Waals surface area contributed by atoms with Gasteiger partial charge in [0.05, 0.1) is 12.1 Å². The Morgan fingerprint density at radius 3 is 2.41 bits per heavy atom. The van der Waals surface area contributed by atoms with E-state index in [-0.39, 0.29) is 5.91 Å². The summed E-state index contributed by atoms with van der Waals surface area (Å²) in [5.74, 6) is 0.0830. The van der Waals surface area contributed by atoms with Crippen molar-refractivity contribution in [3.63, 3.8) is 0 Å². The second-order valence-corrected chi connectivity index (χ2v) is 9.14. The number of benzene rings is 2. The van der Waals surface area contributed by atoms with Crippen LogP contribution >= 0.6 is 0 Å². The Balaban J connectivity index is 1.25. The Labute approximate surface area is 190 Å². The van der Waals surface area contributed by atoms with Gasteiger partial charge < -0.3 is 9.80 Å². The number of hydrogen-bond acceptors (Lipinski definition) is 4. The minimum Gasteiger partial charge on any atom is -0.369 e. The first kappa shape index (κ1) is 21.0. The molecular weight excluding hydrogens is 398 g/mol. The van der Waals surface area contributed by atoms with Crippen LogP contribution in [0, 0.1) is 13.8 Å². The summed E-state index contributed by atoms with van der Waals surface area (Å²) in [4.78, 5) is 20.0. The number of rotatable bonds is 5. The van der Waals surface area contributed by atoms with Crippen LogP contribution in [0.3, 0.4) is 0 Å². The SMILES string of the molecule is Cc1cccc(N2CCN(CCn3nc(C(=O)N4CCCC4)c4ccccc43)CC2)c1C.